The molecule has 1 unspecified atom stereocenters. The van der Waals surface area contributed by atoms with Gasteiger partial charge in [0.15, 0.2) is 0 Å². The zero-order chi connectivity index (χ0) is 15.4. The summed E-state index contributed by atoms with van der Waals surface area (Å²) in [5, 5.41) is 2.66. The Morgan fingerprint density at radius 2 is 1.41 bits per heavy atom. The van der Waals surface area contributed by atoms with E-state index in [0.717, 1.165) is 0 Å². The molecular formula is C21H23Al. The molecule has 110 valence electrons. The SMILES string of the molecule is C[CH2][Al]([CH2]C)[C]1(c2ccccc2)C=CC(c2ccccc2)=C1. The molecule has 22 heavy (non-hydrogen) atoms. The van der Waals surface area contributed by atoms with Crippen molar-refractivity contribution in [1.29, 1.82) is 0 Å². The highest BCUT2D eigenvalue weighted by Gasteiger charge is 2.40. The zero-order valence-electron chi connectivity index (χ0n) is 13.5. The molecule has 0 radical (unpaired) electrons. The molecule has 0 aliphatic heterocycles. The van der Waals surface area contributed by atoms with Crippen LogP contribution in [0.3, 0.4) is 0 Å². The van der Waals surface area contributed by atoms with Gasteiger partial charge in [0.25, 0.3) is 14.1 Å². The lowest BCUT2D eigenvalue weighted by atomic mass is 9.98. The molecule has 3 rings (SSSR count). The summed E-state index contributed by atoms with van der Waals surface area (Å²) >= 11 is -0.932. The molecule has 1 atom stereocenters. The minimum Gasteiger partial charge on any atom is -0.0955 e. The summed E-state index contributed by atoms with van der Waals surface area (Å²) in [5.41, 5.74) is 4.18. The van der Waals surface area contributed by atoms with Crippen LogP contribution in [0, 0.1) is 0 Å². The fraction of sp³-hybridized carbons (Fsp3) is 0.238. The Labute approximate surface area is 138 Å². The Kier molecular flexibility index (Phi) is 4.67. The van der Waals surface area contributed by atoms with Gasteiger partial charge in [0.2, 0.25) is 0 Å². The van der Waals surface area contributed by atoms with E-state index in [4.69, 9.17) is 0 Å². The largest absolute Gasteiger partial charge is 0.288 e. The van der Waals surface area contributed by atoms with Crippen LogP contribution in [0.15, 0.2) is 78.9 Å². The lowest BCUT2D eigenvalue weighted by Gasteiger charge is -2.31. The second kappa shape index (κ2) is 6.70. The van der Waals surface area contributed by atoms with Gasteiger partial charge in [-0.1, -0.05) is 103 Å². The summed E-state index contributed by atoms with van der Waals surface area (Å²) in [6.07, 6.45) is 7.36. The molecule has 0 heterocycles. The van der Waals surface area contributed by atoms with E-state index < -0.39 is 14.1 Å². The Morgan fingerprint density at radius 3 is 2.00 bits per heavy atom. The van der Waals surface area contributed by atoms with E-state index in [1.54, 1.807) is 0 Å². The van der Waals surface area contributed by atoms with E-state index in [-0.39, 0.29) is 4.28 Å². The van der Waals surface area contributed by atoms with E-state index in [1.807, 2.05) is 0 Å². The van der Waals surface area contributed by atoms with Gasteiger partial charge in [0.05, 0.1) is 0 Å². The fourth-order valence-electron chi connectivity index (χ4n) is 3.75. The Balaban J connectivity index is 2.10. The number of rotatable bonds is 5. The second-order valence-corrected chi connectivity index (χ2v) is 10.1. The van der Waals surface area contributed by atoms with Gasteiger partial charge < -0.3 is 0 Å². The molecule has 0 nitrogen and oxygen atoms in total. The number of allylic oxidation sites excluding steroid dienone is 4. The molecule has 2 aromatic carbocycles. The van der Waals surface area contributed by atoms with E-state index >= 15 is 0 Å². The van der Waals surface area contributed by atoms with Gasteiger partial charge in [0, 0.05) is 0 Å². The Hall–Kier alpha value is -1.55. The third-order valence-corrected chi connectivity index (χ3v) is 8.99. The minimum absolute atomic E-state index is 0.177. The summed E-state index contributed by atoms with van der Waals surface area (Å²) in [6, 6.07) is 21.8. The molecule has 0 saturated carbocycles. The molecule has 0 bridgehead atoms. The fourth-order valence-corrected chi connectivity index (χ4v) is 7.13. The van der Waals surface area contributed by atoms with Crippen molar-refractivity contribution in [3.8, 4) is 0 Å². The first kappa shape index (κ1) is 15.4. The zero-order valence-corrected chi connectivity index (χ0v) is 14.7. The molecule has 0 N–H and O–H groups in total. The number of hydrogen-bond donors (Lipinski definition) is 0. The molecule has 0 fully saturated rings. The van der Waals surface area contributed by atoms with Crippen LogP contribution in [-0.4, -0.2) is 14.1 Å². The molecule has 0 aromatic heterocycles. The smallest absolute Gasteiger partial charge is 0.0955 e. The molecule has 1 aliphatic rings. The van der Waals surface area contributed by atoms with Crippen molar-refractivity contribution in [3.05, 3.63) is 90.0 Å². The van der Waals surface area contributed by atoms with Gasteiger partial charge >= 0.3 is 0 Å². The van der Waals surface area contributed by atoms with Gasteiger partial charge in [-0.2, -0.15) is 0 Å². The van der Waals surface area contributed by atoms with Crippen molar-refractivity contribution >= 4 is 19.7 Å². The molecule has 0 spiro atoms. The third kappa shape index (κ3) is 2.72. The van der Waals surface area contributed by atoms with E-state index in [1.165, 1.54) is 27.3 Å². The average molecular weight is 302 g/mol. The van der Waals surface area contributed by atoms with Crippen molar-refractivity contribution < 1.29 is 0 Å². The number of benzene rings is 2. The van der Waals surface area contributed by atoms with Crippen LogP contribution in [0.2, 0.25) is 10.6 Å². The lowest BCUT2D eigenvalue weighted by molar-refractivity contribution is 0.923. The van der Waals surface area contributed by atoms with E-state index in [2.05, 4.69) is 92.7 Å². The highest BCUT2D eigenvalue weighted by atomic mass is 27.2. The minimum atomic E-state index is -0.932. The van der Waals surface area contributed by atoms with Crippen LogP contribution < -0.4 is 0 Å². The summed E-state index contributed by atoms with van der Waals surface area (Å²) in [7, 11) is 0. The molecule has 2 aromatic rings. The highest BCUT2D eigenvalue weighted by molar-refractivity contribution is 6.64. The van der Waals surface area contributed by atoms with Gasteiger partial charge in [-0.3, -0.25) is 0 Å². The van der Waals surface area contributed by atoms with E-state index in [0.29, 0.717) is 0 Å². The van der Waals surface area contributed by atoms with Gasteiger partial charge in [-0.25, -0.2) is 0 Å². The predicted molar refractivity (Wildman–Crippen MR) is 98.4 cm³/mol. The van der Waals surface area contributed by atoms with Gasteiger partial charge in [-0.15, -0.1) is 0 Å². The van der Waals surface area contributed by atoms with Crippen LogP contribution in [0.25, 0.3) is 5.57 Å². The van der Waals surface area contributed by atoms with Gasteiger partial charge in [0.1, 0.15) is 0 Å². The lowest BCUT2D eigenvalue weighted by Crippen LogP contribution is -2.38. The van der Waals surface area contributed by atoms with Crippen molar-refractivity contribution in [1.82, 2.24) is 0 Å². The topological polar surface area (TPSA) is 0 Å². The first-order valence-electron chi connectivity index (χ1n) is 8.33. The Morgan fingerprint density at radius 1 is 0.818 bits per heavy atom. The van der Waals surface area contributed by atoms with E-state index in [9.17, 15) is 0 Å². The highest BCUT2D eigenvalue weighted by Crippen LogP contribution is 2.41. The van der Waals surface area contributed by atoms with Crippen molar-refractivity contribution in [2.75, 3.05) is 0 Å². The Bertz CT molecular complexity index is 666. The summed E-state index contributed by atoms with van der Waals surface area (Å²) in [5.74, 6) is 0. The monoisotopic (exact) mass is 302 g/mol. The first-order chi connectivity index (χ1) is 10.8. The maximum atomic E-state index is 2.54. The summed E-state index contributed by atoms with van der Waals surface area (Å²) in [6.45, 7) is 4.74. The molecule has 1 aliphatic carbocycles. The molecule has 0 saturated heterocycles. The molecule has 0 amide bonds. The van der Waals surface area contributed by atoms with Crippen LogP contribution in [0.1, 0.15) is 25.0 Å². The standard InChI is InChI=1S/C17H13.2C2H5.Al/c1-3-7-14(8-4-1)16-11-12-17(13-16)15-9-5-2-6-10-15;2*1-2;/h1-13H;2*1H2,2H3;. The first-order valence-corrected chi connectivity index (χ1v) is 10.5. The van der Waals surface area contributed by atoms with Crippen molar-refractivity contribution in [2.24, 2.45) is 0 Å². The van der Waals surface area contributed by atoms with Crippen LogP contribution in [0.5, 0.6) is 0 Å². The number of hydrogen-bond acceptors (Lipinski definition) is 0. The van der Waals surface area contributed by atoms with Crippen molar-refractivity contribution in [2.45, 2.75) is 28.7 Å². The van der Waals surface area contributed by atoms with Crippen LogP contribution in [-0.2, 0) is 4.28 Å². The average Bonchev–Trinajstić information content (AvgIpc) is 3.04. The maximum Gasteiger partial charge on any atom is 0.288 e. The third-order valence-electron chi connectivity index (χ3n) is 4.98. The van der Waals surface area contributed by atoms with Gasteiger partial charge in [-0.05, 0) is 21.0 Å². The molecular weight excluding hydrogens is 279 g/mol. The molecule has 1 heteroatoms. The normalized spacial score (nSPS) is 20.0. The quantitative estimate of drug-likeness (QED) is 0.626. The summed E-state index contributed by atoms with van der Waals surface area (Å²) in [4.78, 5) is 0. The van der Waals surface area contributed by atoms with Crippen molar-refractivity contribution in [3.63, 3.8) is 0 Å². The maximum absolute atomic E-state index is 2.54. The summed E-state index contributed by atoms with van der Waals surface area (Å²) < 4.78 is 0.177. The predicted octanol–water partition coefficient (Wildman–Crippen LogP) is 5.65. The van der Waals surface area contributed by atoms with Crippen LogP contribution >= 0.6 is 0 Å². The van der Waals surface area contributed by atoms with Crippen LogP contribution in [0.4, 0.5) is 0 Å². The second-order valence-electron chi connectivity index (χ2n) is 6.11.